The third kappa shape index (κ3) is 9.28. The predicted molar refractivity (Wildman–Crippen MR) is 153 cm³/mol. The minimum Gasteiger partial charge on any atom is -1.00 e. The molecule has 0 unspecified atom stereocenters. The minimum atomic E-state index is -0.583. The molecule has 0 aliphatic heterocycles. The molecule has 0 bridgehead atoms. The number of halogens is 2. The van der Waals surface area contributed by atoms with E-state index in [9.17, 15) is 0 Å². The van der Waals surface area contributed by atoms with Crippen LogP contribution in [0.5, 0.6) is 0 Å². The first-order valence-corrected chi connectivity index (χ1v) is 14.2. The zero-order valence-corrected chi connectivity index (χ0v) is 26.3. The molecule has 0 heterocycles. The van der Waals surface area contributed by atoms with Gasteiger partial charge in [0.15, 0.2) is 0 Å². The van der Waals surface area contributed by atoms with Crippen LogP contribution in [0.15, 0.2) is 166 Å². The molecule has 0 amide bonds. The van der Waals surface area contributed by atoms with Crippen LogP contribution < -0.4 is 46.0 Å². The van der Waals surface area contributed by atoms with E-state index in [0.717, 1.165) is 10.6 Å². The number of hydrogen-bond donors (Lipinski definition) is 0. The Morgan fingerprint density at radius 1 is 0.425 bits per heavy atom. The fourth-order valence-electron chi connectivity index (χ4n) is 3.77. The second-order valence-electron chi connectivity index (χ2n) is 7.71. The number of allylic oxidation sites excluding steroid dienone is 4. The van der Waals surface area contributed by atoms with Crippen molar-refractivity contribution in [2.24, 2.45) is 0 Å². The summed E-state index contributed by atoms with van der Waals surface area (Å²) in [4.78, 5) is 0. The molecular formula is C34H20Cl2CoFeP2. The minimum absolute atomic E-state index is 0. The van der Waals surface area contributed by atoms with Crippen molar-refractivity contribution in [3.8, 4) is 0 Å². The summed E-state index contributed by atoms with van der Waals surface area (Å²) in [6.07, 6.45) is 6.25. The molecule has 40 heavy (non-hydrogen) atoms. The summed E-state index contributed by atoms with van der Waals surface area (Å²) in [5.41, 5.74) is 17.7. The molecular weight excluding hydrogens is 656 g/mol. The maximum atomic E-state index is 3.13. The molecule has 197 valence electrons. The molecule has 4 aromatic carbocycles. The molecule has 0 spiro atoms. The van der Waals surface area contributed by atoms with Crippen LogP contribution in [0.4, 0.5) is 0 Å². The third-order valence-corrected chi connectivity index (χ3v) is 9.95. The van der Waals surface area contributed by atoms with Crippen molar-refractivity contribution in [1.82, 2.24) is 0 Å². The van der Waals surface area contributed by atoms with Gasteiger partial charge in [-0.2, -0.15) is 0 Å². The van der Waals surface area contributed by atoms with Crippen LogP contribution in [0, 0.1) is 12.2 Å². The fourth-order valence-corrected chi connectivity index (χ4v) is 7.95. The number of rotatable bonds is 6. The summed E-state index contributed by atoms with van der Waals surface area (Å²) in [5, 5.41) is 7.33. The third-order valence-electron chi connectivity index (χ3n) is 5.35. The van der Waals surface area contributed by atoms with E-state index in [1.807, 2.05) is 24.3 Å². The van der Waals surface area contributed by atoms with Gasteiger partial charge in [-0.15, -0.1) is 12.2 Å². The maximum Gasteiger partial charge on any atom is 2.00 e. The summed E-state index contributed by atoms with van der Waals surface area (Å²) in [7, 11) is -1.17. The molecule has 2 aliphatic rings. The number of benzene rings is 4. The molecule has 0 atom stereocenters. The molecule has 4 aromatic rings. The van der Waals surface area contributed by atoms with Gasteiger partial charge in [-0.3, -0.25) is 22.9 Å². The van der Waals surface area contributed by atoms with Crippen molar-refractivity contribution in [1.29, 1.82) is 0 Å². The van der Waals surface area contributed by atoms with Gasteiger partial charge in [0, 0.05) is 0 Å². The van der Waals surface area contributed by atoms with Gasteiger partial charge >= 0.3 is 33.8 Å². The zero-order chi connectivity index (χ0) is 24.4. The van der Waals surface area contributed by atoms with E-state index in [0.29, 0.717) is 0 Å². The second-order valence-corrected chi connectivity index (χ2v) is 12.0. The first-order valence-electron chi connectivity index (χ1n) is 11.5. The van der Waals surface area contributed by atoms with E-state index in [-0.39, 0.29) is 58.7 Å². The van der Waals surface area contributed by atoms with E-state index in [1.54, 1.807) is 0 Å². The SMILES string of the molecule is C1=C=[C-]C(P(c2ccccc2)c2ccccc2)=C=1.C1=C=[C-]C(P(c2ccccc2)c2ccccc2)=C=1.[Cl-].[Cl-].[Co+2].[Fe+2]. The average Bonchev–Trinajstić information content (AvgIpc) is 3.68. The van der Waals surface area contributed by atoms with Gasteiger partial charge in [-0.05, 0) is 37.1 Å². The Morgan fingerprint density at radius 2 is 0.675 bits per heavy atom. The second kappa shape index (κ2) is 18.8. The Bertz CT molecular complexity index is 1430. The summed E-state index contributed by atoms with van der Waals surface area (Å²) in [5.74, 6) is 0. The van der Waals surface area contributed by atoms with Crippen LogP contribution in [0.2, 0.25) is 0 Å². The molecule has 6 heteroatoms. The molecule has 0 fully saturated rings. The number of hydrogen-bond acceptors (Lipinski definition) is 0. The van der Waals surface area contributed by atoms with Crippen LogP contribution in [-0.4, -0.2) is 0 Å². The Kier molecular flexibility index (Phi) is 16.7. The average molecular weight is 676 g/mol. The van der Waals surface area contributed by atoms with Gasteiger partial charge in [0.05, 0.1) is 0 Å². The van der Waals surface area contributed by atoms with E-state index < -0.39 is 15.8 Å². The molecule has 0 saturated heterocycles. The van der Waals surface area contributed by atoms with Crippen molar-refractivity contribution >= 4 is 37.1 Å². The van der Waals surface area contributed by atoms with Gasteiger partial charge in [0.2, 0.25) is 0 Å². The van der Waals surface area contributed by atoms with Crippen molar-refractivity contribution in [2.45, 2.75) is 0 Å². The molecule has 0 nitrogen and oxygen atoms in total. The first kappa shape index (κ1) is 35.5. The Labute approximate surface area is 272 Å². The molecule has 0 saturated carbocycles. The van der Waals surface area contributed by atoms with E-state index in [2.05, 4.69) is 144 Å². The van der Waals surface area contributed by atoms with Crippen molar-refractivity contribution < 1.29 is 58.7 Å². The largest absolute Gasteiger partial charge is 2.00 e. The fraction of sp³-hybridized carbons (Fsp3) is 0. The van der Waals surface area contributed by atoms with Crippen LogP contribution >= 0.6 is 15.8 Å². The quantitative estimate of drug-likeness (QED) is 0.122. The molecule has 1 radical (unpaired) electrons. The Balaban J connectivity index is 0.000000364. The van der Waals surface area contributed by atoms with E-state index in [4.69, 9.17) is 0 Å². The van der Waals surface area contributed by atoms with E-state index in [1.165, 1.54) is 21.2 Å². The normalized spacial score (nSPS) is 10.9. The summed E-state index contributed by atoms with van der Waals surface area (Å²) in [6.45, 7) is 0. The predicted octanol–water partition coefficient (Wildman–Crippen LogP) is 0.574. The summed E-state index contributed by atoms with van der Waals surface area (Å²) < 4.78 is 0. The molecule has 2 aliphatic carbocycles. The van der Waals surface area contributed by atoms with Gasteiger partial charge in [0.25, 0.3) is 0 Å². The maximum absolute atomic E-state index is 3.13. The van der Waals surface area contributed by atoms with Gasteiger partial charge in [0.1, 0.15) is 0 Å². The van der Waals surface area contributed by atoms with Crippen molar-refractivity contribution in [2.75, 3.05) is 0 Å². The van der Waals surface area contributed by atoms with Crippen LogP contribution in [0.1, 0.15) is 0 Å². The topological polar surface area (TPSA) is 0 Å². The van der Waals surface area contributed by atoms with E-state index >= 15 is 0 Å². The van der Waals surface area contributed by atoms with Crippen molar-refractivity contribution in [3.63, 3.8) is 0 Å². The van der Waals surface area contributed by atoms with Crippen molar-refractivity contribution in [3.05, 3.63) is 178 Å². The van der Waals surface area contributed by atoms with Gasteiger partial charge < -0.3 is 24.8 Å². The van der Waals surface area contributed by atoms with Crippen LogP contribution in [-0.2, 0) is 33.8 Å². The molecule has 6 rings (SSSR count). The molecule has 0 aromatic heterocycles. The Hall–Kier alpha value is -2.49. The van der Waals surface area contributed by atoms with Crippen LogP contribution in [0.25, 0.3) is 0 Å². The summed E-state index contributed by atoms with van der Waals surface area (Å²) in [6, 6.07) is 42.0. The smallest absolute Gasteiger partial charge is 1.00 e. The van der Waals surface area contributed by atoms with Crippen LogP contribution in [0.3, 0.4) is 0 Å². The zero-order valence-electron chi connectivity index (χ0n) is 20.9. The van der Waals surface area contributed by atoms with Gasteiger partial charge in [-0.25, -0.2) is 11.5 Å². The molecule has 0 N–H and O–H groups in total. The summed E-state index contributed by atoms with van der Waals surface area (Å²) >= 11 is 0. The Morgan fingerprint density at radius 3 is 0.875 bits per heavy atom. The first-order chi connectivity index (χ1) is 17.9. The van der Waals surface area contributed by atoms with Gasteiger partial charge in [-0.1, -0.05) is 132 Å². The standard InChI is InChI=1S/2C17H10P.2ClH.Co.Fe/c2*1-3-9-15(10-4-1)18(17-13-7-8-14-17)16-11-5-2-6-12-16;;;;/h2*1-6,9-12H;2*1H;;/q2*-1;;;2*+2/p-2. The monoisotopic (exact) mass is 675 g/mol.